The van der Waals surface area contributed by atoms with Crippen LogP contribution in [0.4, 0.5) is 0 Å². The Bertz CT molecular complexity index is 4620. The van der Waals surface area contributed by atoms with Crippen LogP contribution in [-0.2, 0) is 10.8 Å². The van der Waals surface area contributed by atoms with Gasteiger partial charge < -0.3 is 13.4 Å². The van der Waals surface area contributed by atoms with Crippen molar-refractivity contribution in [1.29, 1.82) is 0 Å². The molecular formula is C64H47N3. The van der Waals surface area contributed by atoms with Crippen molar-refractivity contribution in [3.63, 3.8) is 0 Å². The SMILES string of the molecule is CC(C)(C)c1cc(-c2ccc3c(c2)c2ccccc2n3-c2ccccc2)c2c(c1)c1c3ccccc3cc3c4cc5c(cc4n2c31)c1cc(C(C)(C)C)cc2c3cc4ccccc4cc3n5c21. The predicted molar refractivity (Wildman–Crippen MR) is 288 cm³/mol. The van der Waals surface area contributed by atoms with Crippen LogP contribution in [0.3, 0.4) is 0 Å². The Balaban J connectivity index is 1.13. The van der Waals surface area contributed by atoms with Crippen molar-refractivity contribution in [2.45, 2.75) is 52.4 Å². The highest BCUT2D eigenvalue weighted by atomic mass is 15.0. The largest absolute Gasteiger partial charge is 0.309 e. The zero-order chi connectivity index (χ0) is 44.8. The van der Waals surface area contributed by atoms with Gasteiger partial charge in [-0.2, -0.15) is 0 Å². The summed E-state index contributed by atoms with van der Waals surface area (Å²) >= 11 is 0. The fourth-order valence-corrected chi connectivity index (χ4v) is 12.2. The smallest absolute Gasteiger partial charge is 0.0627 e. The normalized spacial score (nSPS) is 13.2. The minimum absolute atomic E-state index is 0.0251. The lowest BCUT2D eigenvalue weighted by atomic mass is 9.83. The average molecular weight is 858 g/mol. The molecule has 5 heterocycles. The Kier molecular flexibility index (Phi) is 6.97. The lowest BCUT2D eigenvalue weighted by Gasteiger charge is -2.21. The van der Waals surface area contributed by atoms with E-state index in [2.05, 4.69) is 231 Å². The molecule has 0 aliphatic heterocycles. The van der Waals surface area contributed by atoms with Crippen LogP contribution in [0.2, 0.25) is 0 Å². The number of nitrogens with zero attached hydrogens (tertiary/aromatic N) is 3. The van der Waals surface area contributed by atoms with Crippen LogP contribution in [0.15, 0.2) is 176 Å². The Hall–Kier alpha value is -7.88. The van der Waals surface area contributed by atoms with Crippen molar-refractivity contribution in [3.8, 4) is 16.8 Å². The molecule has 0 bridgehead atoms. The minimum Gasteiger partial charge on any atom is -0.309 e. The molecule has 0 amide bonds. The topological polar surface area (TPSA) is 13.8 Å². The van der Waals surface area contributed by atoms with E-state index >= 15 is 0 Å². The highest BCUT2D eigenvalue weighted by Crippen LogP contribution is 2.50. The summed E-state index contributed by atoms with van der Waals surface area (Å²) in [5.74, 6) is 0. The molecule has 67 heavy (non-hydrogen) atoms. The number of fused-ring (bicyclic) bond motifs is 18. The number of hydrogen-bond donors (Lipinski definition) is 0. The van der Waals surface area contributed by atoms with Gasteiger partial charge in [-0.3, -0.25) is 0 Å². The lowest BCUT2D eigenvalue weighted by molar-refractivity contribution is 0.591. The van der Waals surface area contributed by atoms with Gasteiger partial charge in [0, 0.05) is 65.1 Å². The van der Waals surface area contributed by atoms with Gasteiger partial charge in [-0.25, -0.2) is 0 Å². The van der Waals surface area contributed by atoms with Gasteiger partial charge in [0.2, 0.25) is 0 Å². The van der Waals surface area contributed by atoms with Crippen LogP contribution in [0.25, 0.3) is 136 Å². The van der Waals surface area contributed by atoms with Gasteiger partial charge in [-0.05, 0) is 134 Å². The van der Waals surface area contributed by atoms with Gasteiger partial charge in [-0.1, -0.05) is 133 Å². The summed E-state index contributed by atoms with van der Waals surface area (Å²) in [4.78, 5) is 0. The first kappa shape index (κ1) is 37.4. The fourth-order valence-electron chi connectivity index (χ4n) is 12.2. The fraction of sp³-hybridized carbons (Fsp3) is 0.125. The first-order chi connectivity index (χ1) is 32.5. The van der Waals surface area contributed by atoms with Gasteiger partial charge in [0.05, 0.1) is 44.1 Å². The zero-order valence-corrected chi connectivity index (χ0v) is 38.6. The van der Waals surface area contributed by atoms with Crippen LogP contribution in [0.1, 0.15) is 52.7 Å². The van der Waals surface area contributed by atoms with Crippen LogP contribution in [-0.4, -0.2) is 13.4 Å². The van der Waals surface area contributed by atoms with Crippen molar-refractivity contribution in [2.75, 3.05) is 0 Å². The Morgan fingerprint density at radius 2 is 0.836 bits per heavy atom. The van der Waals surface area contributed by atoms with Crippen LogP contribution in [0, 0.1) is 0 Å². The third kappa shape index (κ3) is 4.86. The molecule has 10 aromatic carbocycles. The Morgan fingerprint density at radius 3 is 1.57 bits per heavy atom. The van der Waals surface area contributed by atoms with Crippen LogP contribution in [0.5, 0.6) is 0 Å². The third-order valence-corrected chi connectivity index (χ3v) is 15.5. The van der Waals surface area contributed by atoms with E-state index in [0.717, 1.165) is 0 Å². The number of rotatable bonds is 2. The standard InChI is InChI=1S/C64H47N3/c1-63(2,3)40-30-45(39-24-25-55-46(27-39)44-22-14-15-23-54(44)65(55)42-19-8-7-9-20-42)60-53(33-40)59-43-21-13-12-18-38(43)28-50-48-34-57-49(35-58(48)67(60)62(50)59)52-32-41(64(4,5)6)31-51-47-26-36-16-10-11-17-37(36)29-56(47)66(57)61(51)52/h7-35H,1-6H3. The maximum atomic E-state index is 2.66. The number of aromatic nitrogens is 3. The van der Waals surface area contributed by atoms with Crippen molar-refractivity contribution >= 4 is 120 Å². The van der Waals surface area contributed by atoms with Gasteiger partial charge in [0.25, 0.3) is 0 Å². The molecule has 0 aliphatic rings. The van der Waals surface area contributed by atoms with Crippen molar-refractivity contribution in [3.05, 3.63) is 187 Å². The molecule has 318 valence electrons. The van der Waals surface area contributed by atoms with Gasteiger partial charge >= 0.3 is 0 Å². The molecule has 0 radical (unpaired) electrons. The molecule has 0 N–H and O–H groups in total. The molecule has 5 aromatic heterocycles. The molecular weight excluding hydrogens is 811 g/mol. The molecule has 15 aromatic rings. The van der Waals surface area contributed by atoms with E-state index in [1.54, 1.807) is 0 Å². The second-order valence-corrected chi connectivity index (χ2v) is 21.4. The van der Waals surface area contributed by atoms with Gasteiger partial charge in [0.15, 0.2) is 0 Å². The average Bonchev–Trinajstić information content (AvgIpc) is 4.11. The second-order valence-electron chi connectivity index (χ2n) is 21.4. The molecule has 0 fully saturated rings. The van der Waals surface area contributed by atoms with Crippen molar-refractivity contribution in [2.24, 2.45) is 0 Å². The van der Waals surface area contributed by atoms with E-state index in [4.69, 9.17) is 0 Å². The van der Waals surface area contributed by atoms with E-state index in [-0.39, 0.29) is 10.8 Å². The summed E-state index contributed by atoms with van der Waals surface area (Å²) in [6.07, 6.45) is 0. The summed E-state index contributed by atoms with van der Waals surface area (Å²) in [6.45, 7) is 14.1. The maximum absolute atomic E-state index is 2.66. The number of hydrogen-bond acceptors (Lipinski definition) is 0. The molecule has 3 nitrogen and oxygen atoms in total. The van der Waals surface area contributed by atoms with Crippen LogP contribution >= 0.6 is 0 Å². The summed E-state index contributed by atoms with van der Waals surface area (Å²) in [5.41, 5.74) is 16.4. The van der Waals surface area contributed by atoms with Gasteiger partial charge in [-0.15, -0.1) is 0 Å². The quantitative estimate of drug-likeness (QED) is 0.164. The number of benzene rings is 10. The van der Waals surface area contributed by atoms with Gasteiger partial charge in [0.1, 0.15) is 0 Å². The number of para-hydroxylation sites is 2. The van der Waals surface area contributed by atoms with E-state index in [1.165, 1.54) is 147 Å². The highest BCUT2D eigenvalue weighted by Gasteiger charge is 2.29. The van der Waals surface area contributed by atoms with E-state index in [1.807, 2.05) is 0 Å². The maximum Gasteiger partial charge on any atom is 0.0627 e. The zero-order valence-electron chi connectivity index (χ0n) is 38.6. The van der Waals surface area contributed by atoms with E-state index in [9.17, 15) is 0 Å². The van der Waals surface area contributed by atoms with Crippen molar-refractivity contribution in [1.82, 2.24) is 13.4 Å². The monoisotopic (exact) mass is 857 g/mol. The molecule has 0 unspecified atom stereocenters. The van der Waals surface area contributed by atoms with Crippen LogP contribution < -0.4 is 0 Å². The summed E-state index contributed by atoms with van der Waals surface area (Å²) in [5, 5.41) is 18.2. The minimum atomic E-state index is -0.0773. The third-order valence-electron chi connectivity index (χ3n) is 15.5. The van der Waals surface area contributed by atoms with E-state index < -0.39 is 0 Å². The molecule has 0 aliphatic carbocycles. The Morgan fingerprint density at radius 1 is 0.313 bits per heavy atom. The molecule has 0 atom stereocenters. The second kappa shape index (κ2) is 12.5. The summed E-state index contributed by atoms with van der Waals surface area (Å²) in [7, 11) is 0. The molecule has 0 saturated carbocycles. The first-order valence-corrected chi connectivity index (χ1v) is 23.8. The lowest BCUT2D eigenvalue weighted by Crippen LogP contribution is -2.11. The molecule has 3 heteroatoms. The highest BCUT2D eigenvalue weighted by molar-refractivity contribution is 6.35. The molecule has 0 spiro atoms. The predicted octanol–water partition coefficient (Wildman–Crippen LogP) is 17.7. The van der Waals surface area contributed by atoms with Crippen molar-refractivity contribution < 1.29 is 0 Å². The molecule has 15 rings (SSSR count). The summed E-state index contributed by atoms with van der Waals surface area (Å²) < 4.78 is 7.66. The molecule has 0 saturated heterocycles. The summed E-state index contributed by atoms with van der Waals surface area (Å²) in [6, 6.07) is 67.2. The Labute approximate surface area is 387 Å². The first-order valence-electron chi connectivity index (χ1n) is 23.8. The van der Waals surface area contributed by atoms with E-state index in [0.29, 0.717) is 0 Å².